The van der Waals surface area contributed by atoms with Crippen molar-refractivity contribution in [1.29, 1.82) is 5.26 Å². The highest BCUT2D eigenvalue weighted by Gasteiger charge is 2.61. The maximum atomic E-state index is 13.5. The zero-order chi connectivity index (χ0) is 21.8. The molecule has 4 aliphatic carbocycles. The normalized spacial score (nSPS) is 44.1. The number of nitriles is 1. The molecule has 0 N–H and O–H groups in total. The minimum absolute atomic E-state index is 0.152. The third kappa shape index (κ3) is 3.47. The first kappa shape index (κ1) is 21.2. The van der Waals surface area contributed by atoms with Crippen LogP contribution in [-0.4, -0.2) is 15.6 Å². The number of nitrogens with zero attached hydrogens (tertiary/aromatic N) is 3. The molecule has 4 saturated carbocycles. The van der Waals surface area contributed by atoms with Gasteiger partial charge in [-0.15, -0.1) is 0 Å². The Bertz CT molecular complexity index is 868. The fourth-order valence-electron chi connectivity index (χ4n) is 9.08. The summed E-state index contributed by atoms with van der Waals surface area (Å²) in [4.78, 5) is 13.5. The van der Waals surface area contributed by atoms with Crippen LogP contribution in [0.25, 0.3) is 0 Å². The molecule has 0 amide bonds. The smallest absolute Gasteiger partial charge is 0.162 e. The van der Waals surface area contributed by atoms with Crippen molar-refractivity contribution in [3.05, 3.63) is 18.0 Å². The summed E-state index contributed by atoms with van der Waals surface area (Å²) in [5.41, 5.74) is 0.549. The van der Waals surface area contributed by atoms with Crippen LogP contribution in [0.4, 0.5) is 0 Å². The molecule has 168 valence electrons. The number of rotatable bonds is 4. The van der Waals surface area contributed by atoms with E-state index < -0.39 is 0 Å². The molecule has 4 aliphatic rings. The third-order valence-corrected chi connectivity index (χ3v) is 10.3. The number of hydrogen-bond donors (Lipinski definition) is 0. The van der Waals surface area contributed by atoms with E-state index in [1.165, 1.54) is 51.4 Å². The van der Waals surface area contributed by atoms with Gasteiger partial charge >= 0.3 is 0 Å². The van der Waals surface area contributed by atoms with E-state index in [4.69, 9.17) is 5.26 Å². The lowest BCUT2D eigenvalue weighted by Crippen LogP contribution is -2.50. The fraction of sp³-hybridized carbons (Fsp3) is 0.815. The van der Waals surface area contributed by atoms with Crippen molar-refractivity contribution >= 4 is 5.78 Å². The highest BCUT2D eigenvalue weighted by Crippen LogP contribution is 2.66. The van der Waals surface area contributed by atoms with E-state index in [2.05, 4.69) is 31.9 Å². The number of ketones is 1. The molecule has 4 nitrogen and oxygen atoms in total. The van der Waals surface area contributed by atoms with Gasteiger partial charge < -0.3 is 0 Å². The molecule has 4 fully saturated rings. The zero-order valence-corrected chi connectivity index (χ0v) is 19.6. The summed E-state index contributed by atoms with van der Waals surface area (Å²) in [7, 11) is 0. The maximum Gasteiger partial charge on any atom is 0.162 e. The molecule has 1 heterocycles. The number of carbonyl (C=O) groups is 1. The average Bonchev–Trinajstić information content (AvgIpc) is 3.34. The van der Waals surface area contributed by atoms with Crippen LogP contribution in [0.1, 0.15) is 84.3 Å². The summed E-state index contributed by atoms with van der Waals surface area (Å²) in [5.74, 6) is 6.52. The third-order valence-electron chi connectivity index (χ3n) is 10.3. The molecule has 4 heteroatoms. The first-order valence-corrected chi connectivity index (χ1v) is 12.9. The second kappa shape index (κ2) is 8.05. The first-order chi connectivity index (χ1) is 14.9. The van der Waals surface area contributed by atoms with Crippen molar-refractivity contribution < 1.29 is 4.79 Å². The second-order valence-corrected chi connectivity index (χ2v) is 11.8. The summed E-state index contributed by atoms with van der Waals surface area (Å²) in [6.45, 7) is 7.59. The summed E-state index contributed by atoms with van der Waals surface area (Å²) >= 11 is 0. The fourth-order valence-corrected chi connectivity index (χ4v) is 9.08. The zero-order valence-electron chi connectivity index (χ0n) is 19.6. The number of carbonyl (C=O) groups excluding carboxylic acids is 1. The van der Waals surface area contributed by atoms with Crippen LogP contribution in [0.5, 0.6) is 0 Å². The minimum Gasteiger partial charge on any atom is -0.297 e. The molecule has 5 rings (SSSR count). The minimum atomic E-state index is 0.152. The lowest BCUT2D eigenvalue weighted by molar-refractivity contribution is -0.131. The van der Waals surface area contributed by atoms with Crippen LogP contribution >= 0.6 is 0 Å². The Labute approximate surface area is 187 Å². The lowest BCUT2D eigenvalue weighted by atomic mass is 9.48. The van der Waals surface area contributed by atoms with E-state index in [0.29, 0.717) is 23.9 Å². The predicted octanol–water partition coefficient (Wildman–Crippen LogP) is 5.86. The number of fused-ring (bicyclic) bond motifs is 5. The molecule has 0 radical (unpaired) electrons. The monoisotopic (exact) mass is 421 g/mol. The summed E-state index contributed by atoms with van der Waals surface area (Å²) < 4.78 is 1.68. The number of hydrogen-bond acceptors (Lipinski definition) is 3. The molecule has 9 atom stereocenters. The Balaban J connectivity index is 1.37. The van der Waals surface area contributed by atoms with Crippen molar-refractivity contribution in [2.45, 2.75) is 85.1 Å². The van der Waals surface area contributed by atoms with E-state index in [1.54, 1.807) is 16.9 Å². The topological polar surface area (TPSA) is 58.7 Å². The van der Waals surface area contributed by atoms with Gasteiger partial charge in [-0.3, -0.25) is 9.48 Å². The number of aromatic nitrogens is 2. The molecule has 0 unspecified atom stereocenters. The van der Waals surface area contributed by atoms with Gasteiger partial charge in [0, 0.05) is 12.1 Å². The summed E-state index contributed by atoms with van der Waals surface area (Å²) in [5, 5.41) is 13.3. The summed E-state index contributed by atoms with van der Waals surface area (Å²) in [6, 6.07) is 3.78. The standard InChI is InChI=1S/C27H39N3O/c1-4-18-14-24(25(31)16-30-12-10-20(15-28)29-30)27(3)11-9-22-21-7-5-17(2)13-19(21)6-8-23(22)26(18)27/h10,12,17-19,21-24,26H,4-9,11,13-14,16H2,1-3H3/t17-,18+,19+,21-,22+,23+,24+,26-,27+/m0/s1. The second-order valence-electron chi connectivity index (χ2n) is 11.8. The van der Waals surface area contributed by atoms with Gasteiger partial charge in [0.25, 0.3) is 0 Å². The van der Waals surface area contributed by atoms with E-state index >= 15 is 0 Å². The van der Waals surface area contributed by atoms with E-state index in [1.807, 2.05) is 0 Å². The highest BCUT2D eigenvalue weighted by atomic mass is 16.1. The van der Waals surface area contributed by atoms with Gasteiger partial charge in [0.15, 0.2) is 11.5 Å². The van der Waals surface area contributed by atoms with Gasteiger partial charge in [-0.1, -0.05) is 33.6 Å². The average molecular weight is 422 g/mol. The Kier molecular flexibility index (Phi) is 5.51. The lowest BCUT2D eigenvalue weighted by Gasteiger charge is -2.57. The number of Topliss-reactive ketones (excluding diaryl/α,β-unsaturated/α-hetero) is 1. The Hall–Kier alpha value is -1.63. The van der Waals surface area contributed by atoms with Crippen LogP contribution < -0.4 is 0 Å². The van der Waals surface area contributed by atoms with Gasteiger partial charge in [-0.05, 0) is 97.9 Å². The molecule has 0 saturated heterocycles. The van der Waals surface area contributed by atoms with Crippen molar-refractivity contribution in [1.82, 2.24) is 9.78 Å². The Morgan fingerprint density at radius 3 is 2.74 bits per heavy atom. The first-order valence-electron chi connectivity index (χ1n) is 12.9. The van der Waals surface area contributed by atoms with Crippen molar-refractivity contribution in [3.63, 3.8) is 0 Å². The largest absolute Gasteiger partial charge is 0.297 e. The van der Waals surface area contributed by atoms with Crippen LogP contribution in [0, 0.1) is 64.1 Å². The molecule has 0 bridgehead atoms. The van der Waals surface area contributed by atoms with Crippen LogP contribution in [-0.2, 0) is 11.3 Å². The molecule has 0 aromatic carbocycles. The Morgan fingerprint density at radius 1 is 1.19 bits per heavy atom. The van der Waals surface area contributed by atoms with Crippen molar-refractivity contribution in [3.8, 4) is 6.07 Å². The van der Waals surface area contributed by atoms with Crippen LogP contribution in [0.2, 0.25) is 0 Å². The molecule has 0 spiro atoms. The highest BCUT2D eigenvalue weighted by molar-refractivity contribution is 5.82. The van der Waals surface area contributed by atoms with Gasteiger partial charge in [0.05, 0.1) is 6.54 Å². The van der Waals surface area contributed by atoms with E-state index in [9.17, 15) is 4.79 Å². The molecular formula is C27H39N3O. The molecular weight excluding hydrogens is 382 g/mol. The molecule has 1 aromatic rings. The quantitative estimate of drug-likeness (QED) is 0.611. The molecule has 1 aromatic heterocycles. The van der Waals surface area contributed by atoms with Gasteiger partial charge in [0.1, 0.15) is 6.07 Å². The van der Waals surface area contributed by atoms with Gasteiger partial charge in [0.2, 0.25) is 0 Å². The predicted molar refractivity (Wildman–Crippen MR) is 121 cm³/mol. The van der Waals surface area contributed by atoms with Crippen molar-refractivity contribution in [2.75, 3.05) is 0 Å². The van der Waals surface area contributed by atoms with Crippen LogP contribution in [0.15, 0.2) is 12.3 Å². The molecule has 0 aliphatic heterocycles. The SMILES string of the molecule is CC[C@@H]1C[C@H](C(=O)Cn2ccc(C#N)n2)[C@@]2(C)CC[C@H]3[C@@H](CC[C@@H]4C[C@@H](C)CC[C@@H]43)[C@H]12. The van der Waals surface area contributed by atoms with Gasteiger partial charge in [-0.2, -0.15) is 10.4 Å². The van der Waals surface area contributed by atoms with E-state index in [-0.39, 0.29) is 11.3 Å². The Morgan fingerprint density at radius 2 is 2.00 bits per heavy atom. The van der Waals surface area contributed by atoms with Crippen molar-refractivity contribution in [2.24, 2.45) is 52.8 Å². The maximum absolute atomic E-state index is 13.5. The molecule has 31 heavy (non-hydrogen) atoms. The van der Waals surface area contributed by atoms with Crippen LogP contribution in [0.3, 0.4) is 0 Å². The van der Waals surface area contributed by atoms with E-state index in [0.717, 1.165) is 41.9 Å². The summed E-state index contributed by atoms with van der Waals surface area (Å²) in [6.07, 6.45) is 13.8. The van der Waals surface area contributed by atoms with Gasteiger partial charge in [-0.25, -0.2) is 0 Å².